The van der Waals surface area contributed by atoms with Gasteiger partial charge in [-0.2, -0.15) is 0 Å². The molecule has 0 aliphatic carbocycles. The highest BCUT2D eigenvalue weighted by Crippen LogP contribution is 2.30. The maximum absolute atomic E-state index is 13.5. The molecule has 7 heteroatoms. The van der Waals surface area contributed by atoms with Crippen LogP contribution in [0, 0.1) is 5.82 Å². The summed E-state index contributed by atoms with van der Waals surface area (Å²) in [4.78, 5) is 25.1. The fourth-order valence-electron chi connectivity index (χ4n) is 3.15. The van der Waals surface area contributed by atoms with E-state index < -0.39 is 17.6 Å². The number of nitrogens with one attached hydrogen (secondary N) is 1. The molecule has 2 amide bonds. The molecule has 156 valence electrons. The molecule has 1 N–H and O–H groups in total. The number of rotatable bonds is 6. The van der Waals surface area contributed by atoms with E-state index in [1.807, 2.05) is 30.3 Å². The topological polar surface area (TPSA) is 67.9 Å². The van der Waals surface area contributed by atoms with Gasteiger partial charge < -0.3 is 9.47 Å². The zero-order valence-electron chi connectivity index (χ0n) is 16.7. The molecule has 3 aromatic rings. The van der Waals surface area contributed by atoms with E-state index in [1.165, 1.54) is 37.5 Å². The molecule has 3 aromatic carbocycles. The smallest absolute Gasteiger partial charge is 0.282 e. The number of amides is 2. The molecule has 0 aromatic heterocycles. The van der Waals surface area contributed by atoms with Crippen LogP contribution in [0.2, 0.25) is 0 Å². The molecule has 0 saturated carbocycles. The third-order valence-electron chi connectivity index (χ3n) is 4.69. The zero-order chi connectivity index (χ0) is 21.8. The van der Waals surface area contributed by atoms with Gasteiger partial charge in [0.2, 0.25) is 0 Å². The van der Waals surface area contributed by atoms with Crippen LogP contribution in [0.3, 0.4) is 0 Å². The van der Waals surface area contributed by atoms with E-state index in [0.717, 1.165) is 10.6 Å². The number of halogens is 1. The van der Waals surface area contributed by atoms with Crippen LogP contribution >= 0.6 is 0 Å². The number of anilines is 1. The SMILES string of the molecule is COc1cc(C=C2C(=O)NN(c3cccc(F)c3)C2=O)ccc1OCc1ccccc1. The second kappa shape index (κ2) is 8.71. The van der Waals surface area contributed by atoms with Crippen molar-refractivity contribution in [2.75, 3.05) is 12.1 Å². The number of ether oxygens (including phenoxy) is 2. The van der Waals surface area contributed by atoms with E-state index in [-0.39, 0.29) is 11.3 Å². The molecule has 4 rings (SSSR count). The molecule has 6 nitrogen and oxygen atoms in total. The Hall–Kier alpha value is -4.13. The highest BCUT2D eigenvalue weighted by atomic mass is 19.1. The third kappa shape index (κ3) is 4.40. The fraction of sp³-hybridized carbons (Fsp3) is 0.0833. The molecule has 31 heavy (non-hydrogen) atoms. The van der Waals surface area contributed by atoms with Crippen LogP contribution in [-0.4, -0.2) is 18.9 Å². The normalized spacial score (nSPS) is 14.6. The first kappa shape index (κ1) is 20.2. The average Bonchev–Trinajstić information content (AvgIpc) is 3.07. The number of nitrogens with zero attached hydrogens (tertiary/aromatic N) is 1. The van der Waals surface area contributed by atoms with Gasteiger partial charge in [0, 0.05) is 0 Å². The standard InChI is InChI=1S/C24H19FN2O4/c1-30-22-13-17(10-11-21(22)31-15-16-6-3-2-4-7-16)12-20-23(28)26-27(24(20)29)19-9-5-8-18(25)14-19/h2-14H,15H2,1H3,(H,26,28). The van der Waals surface area contributed by atoms with Crippen molar-refractivity contribution in [2.24, 2.45) is 0 Å². The van der Waals surface area contributed by atoms with E-state index in [0.29, 0.717) is 23.7 Å². The Morgan fingerprint density at radius 3 is 2.52 bits per heavy atom. The molecule has 0 spiro atoms. The monoisotopic (exact) mass is 418 g/mol. The molecule has 1 heterocycles. The molecule has 0 bridgehead atoms. The minimum absolute atomic E-state index is 0.0655. The summed E-state index contributed by atoms with van der Waals surface area (Å²) in [5.41, 5.74) is 4.23. The average molecular weight is 418 g/mol. The predicted molar refractivity (Wildman–Crippen MR) is 114 cm³/mol. The minimum atomic E-state index is -0.572. The molecule has 0 unspecified atom stereocenters. The first-order chi connectivity index (χ1) is 15.0. The number of hydrogen-bond donors (Lipinski definition) is 1. The summed E-state index contributed by atoms with van der Waals surface area (Å²) < 4.78 is 24.7. The Balaban J connectivity index is 1.55. The van der Waals surface area contributed by atoms with Crippen molar-refractivity contribution >= 4 is 23.6 Å². The number of carbonyl (C=O) groups is 2. The van der Waals surface area contributed by atoms with Gasteiger partial charge in [-0.25, -0.2) is 9.40 Å². The summed E-state index contributed by atoms with van der Waals surface area (Å²) in [5.74, 6) is -0.639. The summed E-state index contributed by atoms with van der Waals surface area (Å²) >= 11 is 0. The Kier molecular flexibility index (Phi) is 5.66. The van der Waals surface area contributed by atoms with Crippen molar-refractivity contribution in [3.8, 4) is 11.5 Å². The van der Waals surface area contributed by atoms with Gasteiger partial charge >= 0.3 is 0 Å². The Morgan fingerprint density at radius 1 is 0.968 bits per heavy atom. The Bertz CT molecular complexity index is 1160. The fourth-order valence-corrected chi connectivity index (χ4v) is 3.15. The first-order valence-electron chi connectivity index (χ1n) is 9.52. The van der Waals surface area contributed by atoms with E-state index >= 15 is 0 Å². The summed E-state index contributed by atoms with van der Waals surface area (Å²) in [6.45, 7) is 0.376. The van der Waals surface area contributed by atoms with Gasteiger partial charge in [0.25, 0.3) is 11.8 Å². The second-order valence-electron chi connectivity index (χ2n) is 6.80. The minimum Gasteiger partial charge on any atom is -0.493 e. The van der Waals surface area contributed by atoms with Gasteiger partial charge in [-0.1, -0.05) is 42.5 Å². The quantitative estimate of drug-likeness (QED) is 0.487. The molecule has 1 aliphatic heterocycles. The van der Waals surface area contributed by atoms with Crippen LogP contribution in [0.15, 0.2) is 78.4 Å². The van der Waals surface area contributed by atoms with Crippen molar-refractivity contribution in [2.45, 2.75) is 6.61 Å². The summed E-state index contributed by atoms with van der Waals surface area (Å²) in [5, 5.41) is 1.02. The molecule has 1 aliphatic rings. The molecule has 1 saturated heterocycles. The lowest BCUT2D eigenvalue weighted by Crippen LogP contribution is -2.35. The third-order valence-corrected chi connectivity index (χ3v) is 4.69. The van der Waals surface area contributed by atoms with Crippen LogP contribution in [0.5, 0.6) is 11.5 Å². The van der Waals surface area contributed by atoms with E-state index in [1.54, 1.807) is 18.2 Å². The van der Waals surface area contributed by atoms with E-state index in [4.69, 9.17) is 9.47 Å². The maximum atomic E-state index is 13.5. The Labute approximate surface area is 178 Å². The lowest BCUT2D eigenvalue weighted by Gasteiger charge is -2.14. The molecular weight excluding hydrogens is 399 g/mol. The largest absolute Gasteiger partial charge is 0.493 e. The Morgan fingerprint density at radius 2 is 1.77 bits per heavy atom. The van der Waals surface area contributed by atoms with Gasteiger partial charge in [0.05, 0.1) is 12.8 Å². The van der Waals surface area contributed by atoms with Crippen molar-refractivity contribution in [1.82, 2.24) is 5.43 Å². The lowest BCUT2D eigenvalue weighted by molar-refractivity contribution is -0.117. The highest BCUT2D eigenvalue weighted by Gasteiger charge is 2.34. The lowest BCUT2D eigenvalue weighted by atomic mass is 10.1. The van der Waals surface area contributed by atoms with Gasteiger partial charge in [0.1, 0.15) is 18.0 Å². The number of benzene rings is 3. The van der Waals surface area contributed by atoms with Crippen molar-refractivity contribution in [3.05, 3.63) is 95.3 Å². The molecular formula is C24H19FN2O4. The van der Waals surface area contributed by atoms with Gasteiger partial charge in [-0.3, -0.25) is 15.0 Å². The summed E-state index contributed by atoms with van der Waals surface area (Å²) in [7, 11) is 1.51. The number of methoxy groups -OCH3 is 1. The van der Waals surface area contributed by atoms with Crippen molar-refractivity contribution in [3.63, 3.8) is 0 Å². The van der Waals surface area contributed by atoms with Crippen molar-refractivity contribution in [1.29, 1.82) is 0 Å². The van der Waals surface area contributed by atoms with Crippen LogP contribution in [0.1, 0.15) is 11.1 Å². The number of carbonyl (C=O) groups excluding carboxylic acids is 2. The van der Waals surface area contributed by atoms with E-state index in [2.05, 4.69) is 5.43 Å². The number of hydrazine groups is 1. The highest BCUT2D eigenvalue weighted by molar-refractivity contribution is 6.31. The van der Waals surface area contributed by atoms with Gasteiger partial charge in [-0.05, 0) is 47.5 Å². The van der Waals surface area contributed by atoms with Crippen LogP contribution in [0.25, 0.3) is 6.08 Å². The zero-order valence-corrected chi connectivity index (χ0v) is 16.7. The number of hydrogen-bond acceptors (Lipinski definition) is 4. The molecule has 0 atom stereocenters. The van der Waals surface area contributed by atoms with Gasteiger partial charge in [-0.15, -0.1) is 0 Å². The maximum Gasteiger partial charge on any atom is 0.282 e. The van der Waals surface area contributed by atoms with Crippen LogP contribution in [0.4, 0.5) is 10.1 Å². The summed E-state index contributed by atoms with van der Waals surface area (Å²) in [6, 6.07) is 20.3. The molecule has 1 fully saturated rings. The second-order valence-corrected chi connectivity index (χ2v) is 6.80. The molecule has 0 radical (unpaired) electrons. The predicted octanol–water partition coefficient (Wildman–Crippen LogP) is 3.87. The van der Waals surface area contributed by atoms with Crippen molar-refractivity contribution < 1.29 is 23.5 Å². The first-order valence-corrected chi connectivity index (χ1v) is 9.52. The summed E-state index contributed by atoms with van der Waals surface area (Å²) in [6.07, 6.45) is 1.46. The van der Waals surface area contributed by atoms with Gasteiger partial charge in [0.15, 0.2) is 11.5 Å². The van der Waals surface area contributed by atoms with Crippen LogP contribution < -0.4 is 19.9 Å². The van der Waals surface area contributed by atoms with Crippen LogP contribution in [-0.2, 0) is 16.2 Å². The van der Waals surface area contributed by atoms with E-state index in [9.17, 15) is 14.0 Å².